The summed E-state index contributed by atoms with van der Waals surface area (Å²) in [6.07, 6.45) is 8.40. The van der Waals surface area contributed by atoms with E-state index in [-0.39, 0.29) is 10.8 Å². The van der Waals surface area contributed by atoms with Crippen molar-refractivity contribution in [3.05, 3.63) is 94.0 Å². The van der Waals surface area contributed by atoms with Crippen LogP contribution in [0.1, 0.15) is 101 Å². The van der Waals surface area contributed by atoms with Crippen LogP contribution in [0, 0.1) is 0 Å². The topological polar surface area (TPSA) is 40.5 Å². The van der Waals surface area contributed by atoms with Gasteiger partial charge in [-0.25, -0.2) is 0 Å². The number of benzene rings is 4. The highest BCUT2D eigenvalue weighted by atomic mass is 16.3. The van der Waals surface area contributed by atoms with Crippen molar-refractivity contribution in [1.29, 1.82) is 0 Å². The molecule has 2 aliphatic rings. The molecular formula is C40H46O2. The van der Waals surface area contributed by atoms with Crippen LogP contribution in [0.2, 0.25) is 0 Å². The van der Waals surface area contributed by atoms with E-state index in [4.69, 9.17) is 0 Å². The van der Waals surface area contributed by atoms with Gasteiger partial charge in [0, 0.05) is 22.3 Å². The molecule has 6 rings (SSSR count). The average Bonchev–Trinajstić information content (AvgIpc) is 2.96. The lowest BCUT2D eigenvalue weighted by Gasteiger charge is -2.28. The zero-order valence-corrected chi connectivity index (χ0v) is 26.3. The quantitative estimate of drug-likeness (QED) is 0.263. The van der Waals surface area contributed by atoms with Gasteiger partial charge in [-0.1, -0.05) is 90.1 Å². The maximum atomic E-state index is 12.2. The van der Waals surface area contributed by atoms with Crippen LogP contribution in [-0.4, -0.2) is 10.2 Å². The van der Waals surface area contributed by atoms with E-state index < -0.39 is 0 Å². The molecule has 0 saturated carbocycles. The maximum absolute atomic E-state index is 12.2. The summed E-state index contributed by atoms with van der Waals surface area (Å²) in [5, 5.41) is 24.4. The van der Waals surface area contributed by atoms with Gasteiger partial charge in [-0.2, -0.15) is 0 Å². The van der Waals surface area contributed by atoms with E-state index in [0.717, 1.165) is 84.7 Å². The molecule has 0 aromatic heterocycles. The van der Waals surface area contributed by atoms with E-state index in [9.17, 15) is 10.2 Å². The summed E-state index contributed by atoms with van der Waals surface area (Å²) in [6, 6.07) is 21.8. The molecule has 0 bridgehead atoms. The van der Waals surface area contributed by atoms with E-state index >= 15 is 0 Å². The van der Waals surface area contributed by atoms with Crippen LogP contribution in [0.4, 0.5) is 0 Å². The van der Waals surface area contributed by atoms with E-state index in [2.05, 4.69) is 102 Å². The Kier molecular flexibility index (Phi) is 7.24. The highest BCUT2D eigenvalue weighted by Gasteiger charge is 2.29. The number of phenols is 2. The Morgan fingerprint density at radius 2 is 0.810 bits per heavy atom. The van der Waals surface area contributed by atoms with E-state index in [1.54, 1.807) is 0 Å². The molecule has 0 amide bonds. The SMILES string of the molecule is CC(C)(C)c1ccc(-c2cc3c(c(-c4c(O)c(-c5ccc(C(C)(C)C)cc5)cc5c4CCCC5)c2O)CCCC3)cc1. The lowest BCUT2D eigenvalue weighted by atomic mass is 9.77. The summed E-state index contributed by atoms with van der Waals surface area (Å²) in [6.45, 7) is 13.4. The van der Waals surface area contributed by atoms with Crippen molar-refractivity contribution in [3.63, 3.8) is 0 Å². The number of hydrogen-bond acceptors (Lipinski definition) is 2. The Morgan fingerprint density at radius 1 is 0.476 bits per heavy atom. The van der Waals surface area contributed by atoms with Crippen LogP contribution in [-0.2, 0) is 36.5 Å². The average molecular weight is 559 g/mol. The molecule has 0 atom stereocenters. The largest absolute Gasteiger partial charge is 0.507 e. The number of rotatable bonds is 3. The summed E-state index contributed by atoms with van der Waals surface area (Å²) >= 11 is 0. The van der Waals surface area contributed by atoms with Gasteiger partial charge in [0.05, 0.1) is 0 Å². The molecule has 0 saturated heterocycles. The lowest BCUT2D eigenvalue weighted by molar-refractivity contribution is 0.468. The first-order valence-electron chi connectivity index (χ1n) is 15.9. The first-order valence-corrected chi connectivity index (χ1v) is 15.9. The predicted molar refractivity (Wildman–Crippen MR) is 177 cm³/mol. The van der Waals surface area contributed by atoms with Crippen LogP contribution in [0.25, 0.3) is 33.4 Å². The van der Waals surface area contributed by atoms with Crippen molar-refractivity contribution in [2.45, 2.75) is 104 Å². The maximum Gasteiger partial charge on any atom is 0.131 e. The van der Waals surface area contributed by atoms with Gasteiger partial charge in [-0.15, -0.1) is 0 Å². The van der Waals surface area contributed by atoms with Crippen molar-refractivity contribution < 1.29 is 10.2 Å². The first kappa shape index (κ1) is 28.6. The third-order valence-electron chi connectivity index (χ3n) is 9.62. The number of phenolic OH excluding ortho intramolecular Hbond substituents is 2. The molecule has 2 heteroatoms. The molecule has 0 radical (unpaired) electrons. The second-order valence-corrected chi connectivity index (χ2v) is 14.6. The zero-order valence-electron chi connectivity index (χ0n) is 26.3. The molecule has 2 aliphatic carbocycles. The van der Waals surface area contributed by atoms with E-state index in [1.807, 2.05) is 0 Å². The smallest absolute Gasteiger partial charge is 0.131 e. The predicted octanol–water partition coefficient (Wildman–Crippen LogP) is 10.5. The van der Waals surface area contributed by atoms with Crippen LogP contribution < -0.4 is 0 Å². The monoisotopic (exact) mass is 558 g/mol. The highest BCUT2D eigenvalue weighted by Crippen LogP contribution is 2.52. The van der Waals surface area contributed by atoms with Crippen molar-refractivity contribution in [2.75, 3.05) is 0 Å². The fourth-order valence-corrected chi connectivity index (χ4v) is 7.07. The molecular weight excluding hydrogens is 512 g/mol. The van der Waals surface area contributed by atoms with Gasteiger partial charge in [-0.05, 0) is 119 Å². The molecule has 2 N–H and O–H groups in total. The molecule has 4 aromatic carbocycles. The van der Waals surface area contributed by atoms with Crippen LogP contribution in [0.3, 0.4) is 0 Å². The van der Waals surface area contributed by atoms with Crippen molar-refractivity contribution in [1.82, 2.24) is 0 Å². The molecule has 0 unspecified atom stereocenters. The van der Waals surface area contributed by atoms with Gasteiger partial charge in [0.1, 0.15) is 11.5 Å². The minimum absolute atomic E-state index is 0.0674. The Hall–Kier alpha value is -3.52. The molecule has 4 aromatic rings. The van der Waals surface area contributed by atoms with E-state index in [1.165, 1.54) is 33.4 Å². The summed E-state index contributed by atoms with van der Waals surface area (Å²) in [5.74, 6) is 0.616. The van der Waals surface area contributed by atoms with Gasteiger partial charge in [0.15, 0.2) is 0 Å². The number of aryl methyl sites for hydroxylation is 2. The summed E-state index contributed by atoms with van der Waals surface area (Å²) < 4.78 is 0. The minimum Gasteiger partial charge on any atom is -0.507 e. The van der Waals surface area contributed by atoms with Gasteiger partial charge in [-0.3, -0.25) is 0 Å². The van der Waals surface area contributed by atoms with Crippen LogP contribution in [0.5, 0.6) is 11.5 Å². The van der Waals surface area contributed by atoms with Crippen LogP contribution >= 0.6 is 0 Å². The fourth-order valence-electron chi connectivity index (χ4n) is 7.07. The van der Waals surface area contributed by atoms with Gasteiger partial charge in [0.2, 0.25) is 0 Å². The third-order valence-corrected chi connectivity index (χ3v) is 9.62. The Balaban J connectivity index is 1.59. The molecule has 0 fully saturated rings. The molecule has 0 spiro atoms. The van der Waals surface area contributed by atoms with Gasteiger partial charge in [0.25, 0.3) is 0 Å². The van der Waals surface area contributed by atoms with Gasteiger partial charge >= 0.3 is 0 Å². The summed E-state index contributed by atoms with van der Waals surface area (Å²) in [4.78, 5) is 0. The molecule has 42 heavy (non-hydrogen) atoms. The normalized spacial score (nSPS) is 15.3. The third kappa shape index (κ3) is 5.14. The van der Waals surface area contributed by atoms with Crippen molar-refractivity contribution in [3.8, 4) is 44.9 Å². The molecule has 0 heterocycles. The molecule has 2 nitrogen and oxygen atoms in total. The number of hydrogen-bond donors (Lipinski definition) is 2. The second-order valence-electron chi connectivity index (χ2n) is 14.6. The summed E-state index contributed by atoms with van der Waals surface area (Å²) in [7, 11) is 0. The number of aromatic hydroxyl groups is 2. The first-order chi connectivity index (χ1) is 19.9. The minimum atomic E-state index is 0.0674. The zero-order chi connectivity index (χ0) is 29.8. The Labute approximate surface area is 252 Å². The molecule has 0 aliphatic heterocycles. The Morgan fingerprint density at radius 3 is 1.14 bits per heavy atom. The van der Waals surface area contributed by atoms with Crippen molar-refractivity contribution in [2.24, 2.45) is 0 Å². The lowest BCUT2D eigenvalue weighted by Crippen LogP contribution is -2.11. The fraction of sp³-hybridized carbons (Fsp3) is 0.400. The highest BCUT2D eigenvalue weighted by molar-refractivity contribution is 5.93. The van der Waals surface area contributed by atoms with Crippen LogP contribution in [0.15, 0.2) is 60.7 Å². The van der Waals surface area contributed by atoms with E-state index in [0.29, 0.717) is 11.5 Å². The molecule has 218 valence electrons. The van der Waals surface area contributed by atoms with Gasteiger partial charge < -0.3 is 10.2 Å². The standard InChI is InChI=1S/C40H46O2/c1-39(2,3)29-19-15-25(16-20-29)33-23-27-11-7-9-13-31(27)35(37(33)41)36-32-14-10-8-12-28(32)24-34(38(36)42)26-17-21-30(22-18-26)40(4,5)6/h15-24,41-42H,7-14H2,1-6H3. The summed E-state index contributed by atoms with van der Waals surface area (Å²) in [5.41, 5.74) is 13.3. The van der Waals surface area contributed by atoms with Crippen molar-refractivity contribution >= 4 is 0 Å². The number of fused-ring (bicyclic) bond motifs is 2. The second kappa shape index (κ2) is 10.6. The Bertz CT molecular complexity index is 1500.